The average molecular weight is 248 g/mol. The van der Waals surface area contributed by atoms with Gasteiger partial charge in [-0.25, -0.2) is 0 Å². The summed E-state index contributed by atoms with van der Waals surface area (Å²) in [6, 6.07) is 3.21. The third-order valence-electron chi connectivity index (χ3n) is 2.40. The lowest BCUT2D eigenvalue weighted by Gasteiger charge is -2.14. The molecule has 0 saturated carbocycles. The molecular weight excluding hydrogens is 233 g/mol. The first kappa shape index (κ1) is 13.8. The van der Waals surface area contributed by atoms with Gasteiger partial charge in [-0.2, -0.15) is 13.2 Å². The standard InChI is InChI=1S/C11H15F3N2O/c1-15-7-2-3-8-16-9(11(12,13)14)5-4-6-10(16)17/h4-6,15H,2-3,7-8H2,1H3. The van der Waals surface area contributed by atoms with Crippen molar-refractivity contribution >= 4 is 0 Å². The summed E-state index contributed by atoms with van der Waals surface area (Å²) in [5.41, 5.74) is -1.49. The Balaban J connectivity index is 2.86. The summed E-state index contributed by atoms with van der Waals surface area (Å²) >= 11 is 0. The van der Waals surface area contributed by atoms with Crippen LogP contribution in [-0.2, 0) is 12.7 Å². The molecule has 1 aromatic rings. The van der Waals surface area contributed by atoms with Crippen LogP contribution in [0, 0.1) is 0 Å². The minimum absolute atomic E-state index is 0.0934. The summed E-state index contributed by atoms with van der Waals surface area (Å²) in [4.78, 5) is 11.4. The number of alkyl halides is 3. The summed E-state index contributed by atoms with van der Waals surface area (Å²) in [6.07, 6.45) is -3.22. The molecule has 0 aromatic carbocycles. The summed E-state index contributed by atoms with van der Waals surface area (Å²) in [7, 11) is 1.77. The number of hydrogen-bond acceptors (Lipinski definition) is 2. The smallest absolute Gasteiger partial charge is 0.320 e. The summed E-state index contributed by atoms with van der Waals surface area (Å²) in [5.74, 6) is 0. The Labute approximate surface area is 97.3 Å². The van der Waals surface area contributed by atoms with Crippen LogP contribution in [0.25, 0.3) is 0 Å². The zero-order valence-electron chi connectivity index (χ0n) is 9.55. The highest BCUT2D eigenvalue weighted by atomic mass is 19.4. The van der Waals surface area contributed by atoms with Crippen molar-refractivity contribution in [3.05, 3.63) is 34.2 Å². The number of nitrogens with zero attached hydrogens (tertiary/aromatic N) is 1. The van der Waals surface area contributed by atoms with Crippen molar-refractivity contribution in [2.45, 2.75) is 25.6 Å². The molecule has 3 nitrogen and oxygen atoms in total. The SMILES string of the molecule is CNCCCCn1c(C(F)(F)F)cccc1=O. The fourth-order valence-corrected chi connectivity index (χ4v) is 1.57. The van der Waals surface area contributed by atoms with E-state index >= 15 is 0 Å². The topological polar surface area (TPSA) is 34.0 Å². The molecule has 0 fully saturated rings. The zero-order valence-corrected chi connectivity index (χ0v) is 9.55. The molecular formula is C11H15F3N2O. The van der Waals surface area contributed by atoms with Crippen LogP contribution in [0.4, 0.5) is 13.2 Å². The van der Waals surface area contributed by atoms with Gasteiger partial charge in [-0.3, -0.25) is 4.79 Å². The Morgan fingerprint density at radius 1 is 1.29 bits per heavy atom. The number of pyridine rings is 1. The number of unbranched alkanes of at least 4 members (excludes halogenated alkanes) is 1. The second-order valence-corrected chi connectivity index (χ2v) is 3.71. The van der Waals surface area contributed by atoms with E-state index in [4.69, 9.17) is 0 Å². The first-order valence-electron chi connectivity index (χ1n) is 5.38. The minimum atomic E-state index is -4.48. The van der Waals surface area contributed by atoms with Gasteiger partial charge in [0.05, 0.1) is 0 Å². The van der Waals surface area contributed by atoms with E-state index in [-0.39, 0.29) is 6.54 Å². The van der Waals surface area contributed by atoms with Crippen LogP contribution < -0.4 is 10.9 Å². The van der Waals surface area contributed by atoms with E-state index in [2.05, 4.69) is 5.32 Å². The van der Waals surface area contributed by atoms with Gasteiger partial charge in [0.15, 0.2) is 0 Å². The molecule has 0 atom stereocenters. The normalized spacial score (nSPS) is 11.8. The third kappa shape index (κ3) is 3.89. The van der Waals surface area contributed by atoms with Crippen LogP contribution in [0.2, 0.25) is 0 Å². The van der Waals surface area contributed by atoms with E-state index in [9.17, 15) is 18.0 Å². The molecule has 0 radical (unpaired) electrons. The van der Waals surface area contributed by atoms with E-state index in [1.54, 1.807) is 7.05 Å². The molecule has 17 heavy (non-hydrogen) atoms. The van der Waals surface area contributed by atoms with E-state index in [0.717, 1.165) is 35.7 Å². The lowest BCUT2D eigenvalue weighted by Crippen LogP contribution is -2.27. The number of nitrogens with one attached hydrogen (secondary N) is 1. The molecule has 1 aromatic heterocycles. The summed E-state index contributed by atoms with van der Waals surface area (Å²) in [5, 5.41) is 2.90. The predicted octanol–water partition coefficient (Wildman–Crippen LogP) is 1.87. The largest absolute Gasteiger partial charge is 0.431 e. The van der Waals surface area contributed by atoms with Gasteiger partial charge in [-0.15, -0.1) is 0 Å². The van der Waals surface area contributed by atoms with Gasteiger partial charge in [0.25, 0.3) is 5.56 Å². The van der Waals surface area contributed by atoms with Gasteiger partial charge in [0.1, 0.15) is 5.69 Å². The van der Waals surface area contributed by atoms with Gasteiger partial charge in [0.2, 0.25) is 0 Å². The third-order valence-corrected chi connectivity index (χ3v) is 2.40. The van der Waals surface area contributed by atoms with Crippen LogP contribution in [0.1, 0.15) is 18.5 Å². The number of aromatic nitrogens is 1. The van der Waals surface area contributed by atoms with Gasteiger partial charge in [0, 0.05) is 12.6 Å². The van der Waals surface area contributed by atoms with Crippen molar-refractivity contribution in [3.63, 3.8) is 0 Å². The minimum Gasteiger partial charge on any atom is -0.320 e. The van der Waals surface area contributed by atoms with Crippen LogP contribution in [0.15, 0.2) is 23.0 Å². The second-order valence-electron chi connectivity index (χ2n) is 3.71. The number of hydrogen-bond donors (Lipinski definition) is 1. The molecule has 0 bridgehead atoms. The average Bonchev–Trinajstić information content (AvgIpc) is 2.24. The van der Waals surface area contributed by atoms with Gasteiger partial charge < -0.3 is 9.88 Å². The molecule has 0 amide bonds. The Kier molecular flexibility index (Phi) is 4.74. The molecule has 1 heterocycles. The van der Waals surface area contributed by atoms with Crippen molar-refractivity contribution in [2.24, 2.45) is 0 Å². The molecule has 6 heteroatoms. The second kappa shape index (κ2) is 5.86. The highest BCUT2D eigenvalue weighted by Crippen LogP contribution is 2.28. The van der Waals surface area contributed by atoms with Crippen LogP contribution in [0.5, 0.6) is 0 Å². The van der Waals surface area contributed by atoms with E-state index in [1.807, 2.05) is 0 Å². The molecule has 0 aliphatic heterocycles. The first-order chi connectivity index (χ1) is 7.96. The fourth-order valence-electron chi connectivity index (χ4n) is 1.57. The Morgan fingerprint density at radius 3 is 2.59 bits per heavy atom. The highest BCUT2D eigenvalue weighted by molar-refractivity contribution is 5.10. The fraction of sp³-hybridized carbons (Fsp3) is 0.545. The molecule has 0 unspecified atom stereocenters. The van der Waals surface area contributed by atoms with Crippen molar-refractivity contribution < 1.29 is 13.2 Å². The molecule has 1 rings (SSSR count). The van der Waals surface area contributed by atoms with Gasteiger partial charge in [-0.05, 0) is 32.5 Å². The van der Waals surface area contributed by atoms with Gasteiger partial charge in [-0.1, -0.05) is 6.07 Å². The Morgan fingerprint density at radius 2 is 2.00 bits per heavy atom. The number of halogens is 3. The van der Waals surface area contributed by atoms with E-state index < -0.39 is 17.4 Å². The lowest BCUT2D eigenvalue weighted by atomic mass is 10.2. The summed E-state index contributed by atoms with van der Waals surface area (Å²) < 4.78 is 38.7. The highest BCUT2D eigenvalue weighted by Gasteiger charge is 2.33. The molecule has 0 aliphatic carbocycles. The van der Waals surface area contributed by atoms with Gasteiger partial charge >= 0.3 is 6.18 Å². The monoisotopic (exact) mass is 248 g/mol. The Hall–Kier alpha value is -1.30. The quantitative estimate of drug-likeness (QED) is 0.807. The maximum atomic E-state index is 12.6. The van der Waals surface area contributed by atoms with Crippen molar-refractivity contribution in [1.29, 1.82) is 0 Å². The van der Waals surface area contributed by atoms with Crippen LogP contribution in [0.3, 0.4) is 0 Å². The van der Waals surface area contributed by atoms with Crippen molar-refractivity contribution in [2.75, 3.05) is 13.6 Å². The lowest BCUT2D eigenvalue weighted by molar-refractivity contribution is -0.144. The molecule has 96 valence electrons. The number of rotatable bonds is 5. The van der Waals surface area contributed by atoms with Crippen LogP contribution >= 0.6 is 0 Å². The molecule has 0 aliphatic rings. The molecule has 0 spiro atoms. The first-order valence-corrected chi connectivity index (χ1v) is 5.38. The van der Waals surface area contributed by atoms with Crippen LogP contribution in [-0.4, -0.2) is 18.2 Å². The van der Waals surface area contributed by atoms with E-state index in [0.29, 0.717) is 6.42 Å². The predicted molar refractivity (Wildman–Crippen MR) is 58.9 cm³/mol. The summed E-state index contributed by atoms with van der Waals surface area (Å²) in [6.45, 7) is 0.819. The maximum absolute atomic E-state index is 12.6. The molecule has 0 saturated heterocycles. The van der Waals surface area contributed by atoms with E-state index in [1.165, 1.54) is 0 Å². The van der Waals surface area contributed by atoms with Crippen molar-refractivity contribution in [3.8, 4) is 0 Å². The zero-order chi connectivity index (χ0) is 12.9. The Bertz CT molecular complexity index is 412. The molecule has 1 N–H and O–H groups in total. The maximum Gasteiger partial charge on any atom is 0.431 e. The van der Waals surface area contributed by atoms with Crippen molar-refractivity contribution in [1.82, 2.24) is 9.88 Å².